The summed E-state index contributed by atoms with van der Waals surface area (Å²) in [5.41, 5.74) is 2.10. The quantitative estimate of drug-likeness (QED) is 0.586. The first kappa shape index (κ1) is 21.4. The molecule has 0 unspecified atom stereocenters. The highest BCUT2D eigenvalue weighted by molar-refractivity contribution is 6.09. The summed E-state index contributed by atoms with van der Waals surface area (Å²) in [4.78, 5) is 25.3. The van der Waals surface area contributed by atoms with Gasteiger partial charge in [0, 0.05) is 11.7 Å². The van der Waals surface area contributed by atoms with E-state index in [9.17, 15) is 9.59 Å². The standard InChI is InChI=1S/C25H28N2O3/c1-16(2)18(4)26-24(28)15-30-23-14-20-11-7-6-10-19(20)13-21(23)25(29)27-22-12-8-5-9-17(22)3/h5-14,16,18H,15H2,1-4H3,(H,26,28)(H,27,29)/t18-/m1/s1. The molecule has 0 aliphatic heterocycles. The van der Waals surface area contributed by atoms with E-state index in [0.29, 0.717) is 17.2 Å². The molecule has 0 bridgehead atoms. The largest absolute Gasteiger partial charge is 0.483 e. The molecule has 0 fully saturated rings. The molecule has 0 aliphatic carbocycles. The lowest BCUT2D eigenvalue weighted by Gasteiger charge is -2.18. The van der Waals surface area contributed by atoms with E-state index < -0.39 is 0 Å². The molecule has 30 heavy (non-hydrogen) atoms. The van der Waals surface area contributed by atoms with Crippen LogP contribution in [0.4, 0.5) is 5.69 Å². The number of aryl methyl sites for hydroxylation is 1. The average molecular weight is 405 g/mol. The first-order valence-electron chi connectivity index (χ1n) is 10.2. The van der Waals surface area contributed by atoms with Crippen LogP contribution < -0.4 is 15.4 Å². The van der Waals surface area contributed by atoms with Crippen molar-refractivity contribution in [1.29, 1.82) is 0 Å². The molecule has 0 saturated carbocycles. The van der Waals surface area contributed by atoms with Gasteiger partial charge in [0.25, 0.3) is 11.8 Å². The van der Waals surface area contributed by atoms with E-state index in [-0.39, 0.29) is 24.5 Å². The van der Waals surface area contributed by atoms with E-state index in [4.69, 9.17) is 4.74 Å². The normalized spacial score (nSPS) is 11.9. The maximum atomic E-state index is 13.1. The van der Waals surface area contributed by atoms with Crippen molar-refractivity contribution in [2.75, 3.05) is 11.9 Å². The Hall–Kier alpha value is -3.34. The number of hydrogen-bond donors (Lipinski definition) is 2. The SMILES string of the molecule is Cc1ccccc1NC(=O)c1cc2ccccc2cc1OCC(=O)N[C@H](C)C(C)C. The summed E-state index contributed by atoms with van der Waals surface area (Å²) in [6.45, 7) is 7.83. The van der Waals surface area contributed by atoms with Crippen LogP contribution in [0.25, 0.3) is 10.8 Å². The molecule has 3 aromatic rings. The summed E-state index contributed by atoms with van der Waals surface area (Å²) in [6.07, 6.45) is 0. The van der Waals surface area contributed by atoms with Crippen LogP contribution in [0.5, 0.6) is 5.75 Å². The van der Waals surface area contributed by atoms with E-state index in [2.05, 4.69) is 10.6 Å². The zero-order valence-electron chi connectivity index (χ0n) is 17.9. The Morgan fingerprint density at radius 3 is 2.23 bits per heavy atom. The van der Waals surface area contributed by atoms with Gasteiger partial charge in [-0.15, -0.1) is 0 Å². The Bertz CT molecular complexity index is 1060. The second kappa shape index (κ2) is 9.44. The number of hydrogen-bond acceptors (Lipinski definition) is 3. The molecule has 0 saturated heterocycles. The number of benzene rings is 3. The highest BCUT2D eigenvalue weighted by Gasteiger charge is 2.17. The van der Waals surface area contributed by atoms with Crippen molar-refractivity contribution in [2.24, 2.45) is 5.92 Å². The van der Waals surface area contributed by atoms with Gasteiger partial charge in [0.2, 0.25) is 0 Å². The number of anilines is 1. The molecule has 0 radical (unpaired) electrons. The summed E-state index contributed by atoms with van der Waals surface area (Å²) in [6, 6.07) is 19.0. The van der Waals surface area contributed by atoms with Gasteiger partial charge >= 0.3 is 0 Å². The van der Waals surface area contributed by atoms with Crippen LogP contribution in [-0.2, 0) is 4.79 Å². The van der Waals surface area contributed by atoms with Crippen LogP contribution in [-0.4, -0.2) is 24.5 Å². The van der Waals surface area contributed by atoms with Gasteiger partial charge in [-0.1, -0.05) is 56.3 Å². The Kier molecular flexibility index (Phi) is 6.72. The van der Waals surface area contributed by atoms with Crippen molar-refractivity contribution in [2.45, 2.75) is 33.7 Å². The molecule has 0 aromatic heterocycles. The van der Waals surface area contributed by atoms with Crippen LogP contribution in [0.2, 0.25) is 0 Å². The van der Waals surface area contributed by atoms with Crippen molar-refractivity contribution in [1.82, 2.24) is 5.32 Å². The summed E-state index contributed by atoms with van der Waals surface area (Å²) >= 11 is 0. The average Bonchev–Trinajstić information content (AvgIpc) is 2.73. The summed E-state index contributed by atoms with van der Waals surface area (Å²) < 4.78 is 5.80. The number of carbonyl (C=O) groups excluding carboxylic acids is 2. The number of fused-ring (bicyclic) bond motifs is 1. The molecule has 5 heteroatoms. The maximum Gasteiger partial charge on any atom is 0.259 e. The van der Waals surface area contributed by atoms with Crippen molar-refractivity contribution < 1.29 is 14.3 Å². The number of ether oxygens (including phenoxy) is 1. The predicted octanol–water partition coefficient (Wildman–Crippen LogP) is 4.94. The van der Waals surface area contributed by atoms with Crippen LogP contribution in [0, 0.1) is 12.8 Å². The van der Waals surface area contributed by atoms with Crippen LogP contribution >= 0.6 is 0 Å². The molecule has 156 valence electrons. The lowest BCUT2D eigenvalue weighted by atomic mass is 10.0. The van der Waals surface area contributed by atoms with Gasteiger partial charge in [0.1, 0.15) is 5.75 Å². The van der Waals surface area contributed by atoms with Gasteiger partial charge < -0.3 is 15.4 Å². The molecular weight excluding hydrogens is 376 g/mol. The van der Waals surface area contributed by atoms with Gasteiger partial charge in [0.15, 0.2) is 6.61 Å². The van der Waals surface area contributed by atoms with E-state index in [0.717, 1.165) is 22.0 Å². The summed E-state index contributed by atoms with van der Waals surface area (Å²) in [5.74, 6) is 0.216. The number of amides is 2. The zero-order valence-corrected chi connectivity index (χ0v) is 17.9. The van der Waals surface area contributed by atoms with Gasteiger partial charge in [0.05, 0.1) is 5.56 Å². The third-order valence-corrected chi connectivity index (χ3v) is 5.23. The van der Waals surface area contributed by atoms with Crippen molar-refractivity contribution in [3.8, 4) is 5.75 Å². The second-order valence-corrected chi connectivity index (χ2v) is 7.85. The molecule has 0 spiro atoms. The topological polar surface area (TPSA) is 67.4 Å². The minimum absolute atomic E-state index is 0.0431. The Morgan fingerprint density at radius 2 is 1.57 bits per heavy atom. The number of carbonyl (C=O) groups is 2. The smallest absolute Gasteiger partial charge is 0.259 e. The molecule has 2 amide bonds. The Morgan fingerprint density at radius 1 is 0.933 bits per heavy atom. The third-order valence-electron chi connectivity index (χ3n) is 5.23. The molecule has 0 aliphatic rings. The molecule has 1 atom stereocenters. The fourth-order valence-corrected chi connectivity index (χ4v) is 3.02. The van der Waals surface area contributed by atoms with Gasteiger partial charge in [-0.05, 0) is 54.3 Å². The number of para-hydroxylation sites is 1. The van der Waals surface area contributed by atoms with Crippen LogP contribution in [0.3, 0.4) is 0 Å². The predicted molar refractivity (Wildman–Crippen MR) is 121 cm³/mol. The minimum Gasteiger partial charge on any atom is -0.483 e. The van der Waals surface area contributed by atoms with Crippen molar-refractivity contribution >= 4 is 28.3 Å². The fraction of sp³-hybridized carbons (Fsp3) is 0.280. The molecule has 3 rings (SSSR count). The van der Waals surface area contributed by atoms with Gasteiger partial charge in [-0.25, -0.2) is 0 Å². The van der Waals surface area contributed by atoms with Crippen molar-refractivity contribution in [3.63, 3.8) is 0 Å². The summed E-state index contributed by atoms with van der Waals surface area (Å²) in [5, 5.41) is 7.73. The van der Waals surface area contributed by atoms with Gasteiger partial charge in [-0.2, -0.15) is 0 Å². The molecule has 0 heterocycles. The lowest BCUT2D eigenvalue weighted by molar-refractivity contribution is -0.124. The lowest BCUT2D eigenvalue weighted by Crippen LogP contribution is -2.39. The molecule has 3 aromatic carbocycles. The number of nitrogens with one attached hydrogen (secondary N) is 2. The maximum absolute atomic E-state index is 13.1. The number of rotatable bonds is 7. The fourth-order valence-electron chi connectivity index (χ4n) is 3.02. The minimum atomic E-state index is -0.277. The molecule has 5 nitrogen and oxygen atoms in total. The second-order valence-electron chi connectivity index (χ2n) is 7.85. The van der Waals surface area contributed by atoms with Crippen LogP contribution in [0.1, 0.15) is 36.7 Å². The van der Waals surface area contributed by atoms with E-state index in [1.807, 2.05) is 76.2 Å². The van der Waals surface area contributed by atoms with Crippen LogP contribution in [0.15, 0.2) is 60.7 Å². The zero-order chi connectivity index (χ0) is 21.7. The Balaban J connectivity index is 1.86. The van der Waals surface area contributed by atoms with Gasteiger partial charge in [-0.3, -0.25) is 9.59 Å². The van der Waals surface area contributed by atoms with E-state index in [1.165, 1.54) is 0 Å². The highest BCUT2D eigenvalue weighted by Crippen LogP contribution is 2.27. The van der Waals surface area contributed by atoms with E-state index in [1.54, 1.807) is 12.1 Å². The monoisotopic (exact) mass is 404 g/mol. The highest BCUT2D eigenvalue weighted by atomic mass is 16.5. The molecule has 2 N–H and O–H groups in total. The third kappa shape index (κ3) is 5.17. The first-order chi connectivity index (χ1) is 14.3. The van der Waals surface area contributed by atoms with Crippen molar-refractivity contribution in [3.05, 3.63) is 71.8 Å². The molecular formula is C25H28N2O3. The van der Waals surface area contributed by atoms with E-state index >= 15 is 0 Å². The summed E-state index contributed by atoms with van der Waals surface area (Å²) in [7, 11) is 0. The Labute approximate surface area is 177 Å². The first-order valence-corrected chi connectivity index (χ1v) is 10.2.